The Balaban J connectivity index is 2.52. The van der Waals surface area contributed by atoms with Crippen LogP contribution in [0.3, 0.4) is 0 Å². The van der Waals surface area contributed by atoms with E-state index in [0.717, 1.165) is 18.2 Å². The fraction of sp³-hybridized carbons (Fsp3) is 0.750. The Morgan fingerprint density at radius 1 is 1.44 bits per heavy atom. The van der Waals surface area contributed by atoms with Crippen LogP contribution in [-0.4, -0.2) is 45.3 Å². The van der Waals surface area contributed by atoms with Gasteiger partial charge in [-0.1, -0.05) is 25.6 Å². The molecule has 0 bridgehead atoms. The average Bonchev–Trinajstić information content (AvgIpc) is 2.83. The molecule has 18 heavy (non-hydrogen) atoms. The predicted molar refractivity (Wildman–Crippen MR) is 69.3 cm³/mol. The minimum absolute atomic E-state index is 0.0610. The van der Waals surface area contributed by atoms with Gasteiger partial charge in [-0.15, -0.1) is 0 Å². The summed E-state index contributed by atoms with van der Waals surface area (Å²) in [4.78, 5) is 35.7. The van der Waals surface area contributed by atoms with E-state index in [2.05, 4.69) is 0 Å². The molecular formula is C12H19NO4S. The quantitative estimate of drug-likeness (QED) is 0.818. The largest absolute Gasteiger partial charge is 0.480 e. The number of amides is 1. The summed E-state index contributed by atoms with van der Waals surface area (Å²) in [6, 6.07) is -0.688. The van der Waals surface area contributed by atoms with Gasteiger partial charge in [-0.05, 0) is 12.8 Å². The van der Waals surface area contributed by atoms with E-state index in [-0.39, 0.29) is 16.9 Å². The van der Waals surface area contributed by atoms with Crippen LogP contribution in [0.25, 0.3) is 0 Å². The Kier molecular flexibility index (Phi) is 5.65. The van der Waals surface area contributed by atoms with Gasteiger partial charge in [0.05, 0.1) is 0 Å². The summed E-state index contributed by atoms with van der Waals surface area (Å²) in [5.74, 6) is -0.985. The minimum Gasteiger partial charge on any atom is -0.480 e. The van der Waals surface area contributed by atoms with Gasteiger partial charge in [-0.2, -0.15) is 0 Å². The molecule has 0 aromatic heterocycles. The summed E-state index contributed by atoms with van der Waals surface area (Å²) in [7, 11) is 0. The number of carbonyl (C=O) groups is 3. The summed E-state index contributed by atoms with van der Waals surface area (Å²) in [6.07, 6.45) is 1.71. The van der Waals surface area contributed by atoms with E-state index in [1.165, 1.54) is 4.90 Å². The molecule has 1 aliphatic heterocycles. The average molecular weight is 273 g/mol. The fourth-order valence-corrected chi connectivity index (χ4v) is 2.74. The molecule has 6 heteroatoms. The van der Waals surface area contributed by atoms with Gasteiger partial charge >= 0.3 is 5.97 Å². The third-order valence-electron chi connectivity index (χ3n) is 3.03. The number of hydrogen-bond acceptors (Lipinski definition) is 4. The third kappa shape index (κ3) is 3.73. The van der Waals surface area contributed by atoms with Crippen molar-refractivity contribution in [2.75, 3.05) is 12.3 Å². The smallest absolute Gasteiger partial charge is 0.326 e. The van der Waals surface area contributed by atoms with E-state index in [0.29, 0.717) is 25.1 Å². The van der Waals surface area contributed by atoms with E-state index in [1.807, 2.05) is 0 Å². The number of nitrogens with zero attached hydrogens (tertiary/aromatic N) is 1. The maximum absolute atomic E-state index is 12.1. The second-order valence-electron chi connectivity index (χ2n) is 4.47. The Morgan fingerprint density at radius 3 is 2.67 bits per heavy atom. The molecule has 0 radical (unpaired) electrons. The van der Waals surface area contributed by atoms with Crippen molar-refractivity contribution < 1.29 is 19.5 Å². The molecule has 1 rings (SSSR count). The highest BCUT2D eigenvalue weighted by atomic mass is 32.2. The van der Waals surface area contributed by atoms with Crippen molar-refractivity contribution in [1.82, 2.24) is 4.90 Å². The van der Waals surface area contributed by atoms with Crippen LogP contribution in [0.1, 0.15) is 33.1 Å². The Labute approximate surface area is 111 Å². The molecule has 1 fully saturated rings. The summed E-state index contributed by atoms with van der Waals surface area (Å²) in [5, 5.41) is 9.08. The van der Waals surface area contributed by atoms with Gasteiger partial charge in [0, 0.05) is 24.6 Å². The molecule has 1 amide bonds. The molecule has 5 nitrogen and oxygen atoms in total. The number of thioether (sulfide) groups is 1. The number of hydrogen-bond donors (Lipinski definition) is 1. The van der Waals surface area contributed by atoms with Gasteiger partial charge in [0.15, 0.2) is 5.12 Å². The molecule has 1 N–H and O–H groups in total. The number of aliphatic carboxylic acids is 1. The van der Waals surface area contributed by atoms with Crippen LogP contribution >= 0.6 is 11.8 Å². The molecule has 0 spiro atoms. The summed E-state index contributed by atoms with van der Waals surface area (Å²) in [6.45, 7) is 4.03. The number of likely N-dealkylation sites (tertiary alicyclic amines) is 1. The molecule has 1 saturated heterocycles. The van der Waals surface area contributed by atoms with Gasteiger partial charge < -0.3 is 10.0 Å². The third-order valence-corrected chi connectivity index (χ3v) is 4.30. The van der Waals surface area contributed by atoms with Crippen LogP contribution in [0.15, 0.2) is 0 Å². The highest BCUT2D eigenvalue weighted by Crippen LogP contribution is 2.22. The lowest BCUT2D eigenvalue weighted by Crippen LogP contribution is -2.43. The fourth-order valence-electron chi connectivity index (χ4n) is 1.96. The van der Waals surface area contributed by atoms with Crippen molar-refractivity contribution in [3.8, 4) is 0 Å². The molecule has 102 valence electrons. The first-order valence-corrected chi connectivity index (χ1v) is 7.14. The van der Waals surface area contributed by atoms with Crippen molar-refractivity contribution in [2.45, 2.75) is 39.2 Å². The molecular weight excluding hydrogens is 254 g/mol. The zero-order chi connectivity index (χ0) is 13.7. The van der Waals surface area contributed by atoms with Crippen molar-refractivity contribution in [1.29, 1.82) is 0 Å². The second-order valence-corrected chi connectivity index (χ2v) is 5.54. The van der Waals surface area contributed by atoms with Crippen LogP contribution in [0, 0.1) is 5.92 Å². The summed E-state index contributed by atoms with van der Waals surface area (Å²) in [5.41, 5.74) is 0. The second kappa shape index (κ2) is 6.78. The van der Waals surface area contributed by atoms with Crippen LogP contribution in [0.4, 0.5) is 0 Å². The molecule has 1 aliphatic rings. The molecule has 2 atom stereocenters. The molecule has 0 aliphatic carbocycles. The number of carboxylic acid groups (broad SMARTS) is 1. The highest BCUT2D eigenvalue weighted by Gasteiger charge is 2.35. The monoisotopic (exact) mass is 273 g/mol. The van der Waals surface area contributed by atoms with E-state index >= 15 is 0 Å². The van der Waals surface area contributed by atoms with Gasteiger partial charge in [-0.3, -0.25) is 9.59 Å². The number of carbonyl (C=O) groups excluding carboxylic acids is 2. The first-order chi connectivity index (χ1) is 8.47. The lowest BCUT2D eigenvalue weighted by molar-refractivity contribution is -0.149. The lowest BCUT2D eigenvalue weighted by Gasteiger charge is -2.24. The van der Waals surface area contributed by atoms with Gasteiger partial charge in [0.25, 0.3) is 0 Å². The Bertz CT molecular complexity index is 345. The summed E-state index contributed by atoms with van der Waals surface area (Å²) >= 11 is 1.15. The van der Waals surface area contributed by atoms with E-state index in [1.54, 1.807) is 13.8 Å². The van der Waals surface area contributed by atoms with Gasteiger partial charge in [-0.25, -0.2) is 4.79 Å². The SMILES string of the molecule is CCC(=O)SC[C@@H](C)C(=O)N1CCC[C@H]1C(=O)O. The van der Waals surface area contributed by atoms with Crippen LogP contribution in [0.5, 0.6) is 0 Å². The number of carboxylic acids is 1. The van der Waals surface area contributed by atoms with Gasteiger partial charge in [0.2, 0.25) is 5.91 Å². The normalized spacial score (nSPS) is 20.8. The zero-order valence-corrected chi connectivity index (χ0v) is 11.5. The minimum atomic E-state index is -0.940. The molecule has 0 aromatic carbocycles. The Morgan fingerprint density at radius 2 is 2.11 bits per heavy atom. The molecule has 0 saturated carbocycles. The molecule has 0 unspecified atom stereocenters. The van der Waals surface area contributed by atoms with E-state index in [4.69, 9.17) is 5.11 Å². The maximum atomic E-state index is 12.1. The predicted octanol–water partition coefficient (Wildman–Crippen LogP) is 1.37. The first kappa shape index (κ1) is 15.0. The maximum Gasteiger partial charge on any atom is 0.326 e. The van der Waals surface area contributed by atoms with Crippen molar-refractivity contribution in [3.63, 3.8) is 0 Å². The zero-order valence-electron chi connectivity index (χ0n) is 10.7. The standard InChI is InChI=1S/C12H19NO4S/c1-3-10(14)18-7-8(2)11(15)13-6-4-5-9(13)12(16)17/h8-9H,3-7H2,1-2H3,(H,16,17)/t8-,9+/m1/s1. The molecule has 1 heterocycles. The van der Waals surface area contributed by atoms with Gasteiger partial charge in [0.1, 0.15) is 6.04 Å². The van der Waals surface area contributed by atoms with Crippen molar-refractivity contribution in [2.24, 2.45) is 5.92 Å². The van der Waals surface area contributed by atoms with E-state index < -0.39 is 12.0 Å². The topological polar surface area (TPSA) is 74.7 Å². The summed E-state index contributed by atoms with van der Waals surface area (Å²) < 4.78 is 0. The highest BCUT2D eigenvalue weighted by molar-refractivity contribution is 8.13. The Hall–Kier alpha value is -1.04. The van der Waals surface area contributed by atoms with Crippen LogP contribution in [0.2, 0.25) is 0 Å². The first-order valence-electron chi connectivity index (χ1n) is 6.16. The molecule has 0 aromatic rings. The number of rotatable bonds is 5. The lowest BCUT2D eigenvalue weighted by atomic mass is 10.1. The van der Waals surface area contributed by atoms with Crippen LogP contribution in [-0.2, 0) is 14.4 Å². The van der Waals surface area contributed by atoms with Crippen LogP contribution < -0.4 is 0 Å². The van der Waals surface area contributed by atoms with Crippen molar-refractivity contribution in [3.05, 3.63) is 0 Å². The van der Waals surface area contributed by atoms with E-state index in [9.17, 15) is 14.4 Å². The van der Waals surface area contributed by atoms with Crippen molar-refractivity contribution >= 4 is 28.8 Å².